The molecule has 1 aliphatic heterocycles. The highest BCUT2D eigenvalue weighted by Crippen LogP contribution is 2.36. The average molecular weight is 257 g/mol. The van der Waals surface area contributed by atoms with E-state index in [1.165, 1.54) is 20.1 Å². The number of methoxy groups -OCH3 is 1. The molecular formula is C11H15NO6. The molecule has 0 spiro atoms. The van der Waals surface area contributed by atoms with Gasteiger partial charge in [0.15, 0.2) is 0 Å². The second-order valence-electron chi connectivity index (χ2n) is 4.43. The van der Waals surface area contributed by atoms with Gasteiger partial charge in [-0.15, -0.1) is 0 Å². The van der Waals surface area contributed by atoms with Gasteiger partial charge in [0.05, 0.1) is 13.2 Å². The number of amides is 1. The zero-order chi connectivity index (χ0) is 13.5. The Labute approximate surface area is 103 Å². The van der Waals surface area contributed by atoms with Crippen LogP contribution in [0.5, 0.6) is 0 Å². The van der Waals surface area contributed by atoms with Gasteiger partial charge in [0, 0.05) is 12.0 Å². The van der Waals surface area contributed by atoms with Crippen LogP contribution in [0.1, 0.15) is 13.3 Å². The van der Waals surface area contributed by atoms with Crippen molar-refractivity contribution < 1.29 is 28.9 Å². The van der Waals surface area contributed by atoms with Gasteiger partial charge < -0.3 is 25.1 Å². The van der Waals surface area contributed by atoms with Gasteiger partial charge >= 0.3 is 5.97 Å². The van der Waals surface area contributed by atoms with E-state index in [-0.39, 0.29) is 6.42 Å². The topological polar surface area (TPSA) is 108 Å². The summed E-state index contributed by atoms with van der Waals surface area (Å²) in [4.78, 5) is 22.6. The number of aliphatic hydroxyl groups excluding tert-OH is 1. The molecule has 7 heteroatoms. The number of nitrogens with two attached hydrogens (primary N) is 1. The van der Waals surface area contributed by atoms with Gasteiger partial charge in [-0.1, -0.05) is 0 Å². The summed E-state index contributed by atoms with van der Waals surface area (Å²) in [5.41, 5.74) is 5.46. The highest BCUT2D eigenvalue weighted by Gasteiger charge is 2.52. The lowest BCUT2D eigenvalue weighted by molar-refractivity contribution is -0.183. The molecule has 2 aliphatic rings. The average Bonchev–Trinajstić information content (AvgIpc) is 2.67. The van der Waals surface area contributed by atoms with E-state index in [4.69, 9.17) is 15.2 Å². The van der Waals surface area contributed by atoms with Crippen LogP contribution >= 0.6 is 0 Å². The van der Waals surface area contributed by atoms with Crippen LogP contribution in [0.2, 0.25) is 0 Å². The summed E-state index contributed by atoms with van der Waals surface area (Å²) in [7, 11) is 1.25. The number of carbonyl (C=O) groups excluding carboxylic acids is 2. The molecule has 1 aliphatic carbocycles. The monoisotopic (exact) mass is 257 g/mol. The number of esters is 1. The molecule has 3 unspecified atom stereocenters. The lowest BCUT2D eigenvalue weighted by Crippen LogP contribution is -2.43. The van der Waals surface area contributed by atoms with Crippen LogP contribution < -0.4 is 5.73 Å². The molecular weight excluding hydrogens is 242 g/mol. The van der Waals surface area contributed by atoms with Crippen molar-refractivity contribution in [2.45, 2.75) is 37.4 Å². The number of hydrogen-bond acceptors (Lipinski definition) is 6. The van der Waals surface area contributed by atoms with Crippen molar-refractivity contribution >= 4 is 11.9 Å². The molecule has 3 N–H and O–H groups in total. The molecule has 1 fully saturated rings. The first-order chi connectivity index (χ1) is 8.37. The summed E-state index contributed by atoms with van der Waals surface area (Å²) in [5.74, 6) is -2.90. The Balaban J connectivity index is 2.24. The summed E-state index contributed by atoms with van der Waals surface area (Å²) in [5, 5.41) is 9.90. The Morgan fingerprint density at radius 1 is 1.56 bits per heavy atom. The number of rotatable bonds is 2. The minimum absolute atomic E-state index is 0.0893. The molecule has 18 heavy (non-hydrogen) atoms. The van der Waals surface area contributed by atoms with Crippen molar-refractivity contribution in [3.05, 3.63) is 11.6 Å². The lowest BCUT2D eigenvalue weighted by atomic mass is 9.92. The molecule has 1 heterocycles. The molecule has 7 nitrogen and oxygen atoms in total. The number of carbonyl (C=O) groups is 2. The van der Waals surface area contributed by atoms with Crippen molar-refractivity contribution in [2.24, 2.45) is 5.73 Å². The van der Waals surface area contributed by atoms with Crippen molar-refractivity contribution in [1.29, 1.82) is 0 Å². The van der Waals surface area contributed by atoms with Crippen LogP contribution in [0.15, 0.2) is 11.6 Å². The van der Waals surface area contributed by atoms with Crippen LogP contribution in [-0.4, -0.2) is 48.2 Å². The maximum atomic E-state index is 11.4. The zero-order valence-electron chi connectivity index (χ0n) is 10.1. The molecule has 0 bridgehead atoms. The summed E-state index contributed by atoms with van der Waals surface area (Å²) in [6.45, 7) is 1.38. The van der Waals surface area contributed by atoms with Crippen LogP contribution in [0, 0.1) is 0 Å². The van der Waals surface area contributed by atoms with Crippen LogP contribution in [0.3, 0.4) is 0 Å². The first-order valence-corrected chi connectivity index (χ1v) is 5.50. The molecule has 1 saturated heterocycles. The summed E-state index contributed by atoms with van der Waals surface area (Å²) < 4.78 is 15.3. The van der Waals surface area contributed by atoms with Crippen LogP contribution in [0.25, 0.3) is 0 Å². The second kappa shape index (κ2) is 4.34. The number of primary amides is 1. The Hall–Kier alpha value is -1.44. The predicted octanol–water partition coefficient (Wildman–Crippen LogP) is -1.16. The first kappa shape index (κ1) is 13.0. The normalized spacial score (nSPS) is 38.8. The van der Waals surface area contributed by atoms with E-state index < -0.39 is 36.0 Å². The molecule has 0 aromatic heterocycles. The van der Waals surface area contributed by atoms with Crippen molar-refractivity contribution in [2.75, 3.05) is 7.11 Å². The van der Waals surface area contributed by atoms with E-state index in [1.54, 1.807) is 0 Å². The molecule has 0 radical (unpaired) electrons. The maximum absolute atomic E-state index is 11.4. The SMILES string of the molecule is COC(=O)C1=CC2O[C@](C)(C(N)=O)OC2C(O)C1. The van der Waals surface area contributed by atoms with Gasteiger partial charge in [0.25, 0.3) is 5.91 Å². The third kappa shape index (κ3) is 2.00. The standard InChI is InChI=1S/C11H15NO6/c1-11(10(12)15)17-7-4-5(9(14)16-2)3-6(13)8(7)18-11/h4,6-8,13H,3H2,1-2H3,(H2,12,15)/t6?,7?,8?,11-/m0/s1. The Morgan fingerprint density at radius 2 is 2.22 bits per heavy atom. The van der Waals surface area contributed by atoms with Gasteiger partial charge in [-0.25, -0.2) is 4.79 Å². The van der Waals surface area contributed by atoms with Crippen LogP contribution in [-0.2, 0) is 23.8 Å². The summed E-state index contributed by atoms with van der Waals surface area (Å²) >= 11 is 0. The minimum Gasteiger partial charge on any atom is -0.466 e. The quantitative estimate of drug-likeness (QED) is 0.604. The van der Waals surface area contributed by atoms with Gasteiger partial charge in [0.2, 0.25) is 5.79 Å². The lowest BCUT2D eigenvalue weighted by Gasteiger charge is -2.25. The van der Waals surface area contributed by atoms with E-state index in [2.05, 4.69) is 4.74 Å². The molecule has 0 saturated carbocycles. The fraction of sp³-hybridized carbons (Fsp3) is 0.636. The Morgan fingerprint density at radius 3 is 2.78 bits per heavy atom. The van der Waals surface area contributed by atoms with E-state index in [0.29, 0.717) is 5.57 Å². The predicted molar refractivity (Wildman–Crippen MR) is 58.1 cm³/mol. The van der Waals surface area contributed by atoms with E-state index in [1.807, 2.05) is 0 Å². The Bertz CT molecular complexity index is 420. The fourth-order valence-corrected chi connectivity index (χ4v) is 2.11. The maximum Gasteiger partial charge on any atom is 0.333 e. The van der Waals surface area contributed by atoms with Crippen molar-refractivity contribution in [3.8, 4) is 0 Å². The molecule has 2 rings (SSSR count). The van der Waals surface area contributed by atoms with Crippen molar-refractivity contribution in [3.63, 3.8) is 0 Å². The zero-order valence-corrected chi connectivity index (χ0v) is 10.1. The number of hydrogen-bond donors (Lipinski definition) is 2. The first-order valence-electron chi connectivity index (χ1n) is 5.50. The fourth-order valence-electron chi connectivity index (χ4n) is 2.11. The second-order valence-corrected chi connectivity index (χ2v) is 4.43. The third-order valence-electron chi connectivity index (χ3n) is 3.11. The number of ether oxygens (including phenoxy) is 3. The molecule has 100 valence electrons. The summed E-state index contributed by atoms with van der Waals surface area (Å²) in [6, 6.07) is 0. The van der Waals surface area contributed by atoms with E-state index in [0.717, 1.165) is 0 Å². The van der Waals surface area contributed by atoms with Gasteiger partial charge in [-0.05, 0) is 13.0 Å². The third-order valence-corrected chi connectivity index (χ3v) is 3.11. The largest absolute Gasteiger partial charge is 0.466 e. The highest BCUT2D eigenvalue weighted by atomic mass is 16.8. The van der Waals surface area contributed by atoms with E-state index >= 15 is 0 Å². The highest BCUT2D eigenvalue weighted by molar-refractivity contribution is 5.89. The van der Waals surface area contributed by atoms with E-state index in [9.17, 15) is 14.7 Å². The Kier molecular flexibility index (Phi) is 3.14. The minimum atomic E-state index is -1.58. The van der Waals surface area contributed by atoms with Gasteiger partial charge in [-0.3, -0.25) is 4.79 Å². The molecule has 1 amide bonds. The van der Waals surface area contributed by atoms with Crippen molar-refractivity contribution in [1.82, 2.24) is 0 Å². The smallest absolute Gasteiger partial charge is 0.333 e. The van der Waals surface area contributed by atoms with Gasteiger partial charge in [-0.2, -0.15) is 0 Å². The molecule has 0 aromatic carbocycles. The number of aliphatic hydroxyl groups is 1. The van der Waals surface area contributed by atoms with Crippen LogP contribution in [0.4, 0.5) is 0 Å². The number of fused-ring (bicyclic) bond motifs is 1. The summed E-state index contributed by atoms with van der Waals surface area (Å²) in [6.07, 6.45) is -0.768. The molecule has 0 aromatic rings. The van der Waals surface area contributed by atoms with Gasteiger partial charge in [0.1, 0.15) is 12.2 Å². The molecule has 4 atom stereocenters.